The van der Waals surface area contributed by atoms with Crippen LogP contribution in [0.4, 0.5) is 0 Å². The number of hydrogen-bond donors (Lipinski definition) is 2. The molecule has 0 aromatic heterocycles. The third kappa shape index (κ3) is 6.17. The van der Waals surface area contributed by atoms with E-state index in [1.54, 1.807) is 0 Å². The molecule has 0 amide bonds. The second-order valence-corrected chi connectivity index (χ2v) is 5.56. The maximum Gasteiger partial charge on any atom is 0.0613 e. The average Bonchev–Trinajstić information content (AvgIpc) is 2.41. The maximum atomic E-state index is 9.65. The Hall–Kier alpha value is -0.120. The molecule has 3 nitrogen and oxygen atoms in total. The fourth-order valence-corrected chi connectivity index (χ4v) is 2.23. The van der Waals surface area contributed by atoms with Crippen molar-refractivity contribution < 1.29 is 5.11 Å². The van der Waals surface area contributed by atoms with Crippen molar-refractivity contribution in [1.82, 2.24) is 10.2 Å². The molecule has 0 rings (SSSR count). The van der Waals surface area contributed by atoms with Crippen LogP contribution in [0.5, 0.6) is 0 Å². The van der Waals surface area contributed by atoms with Crippen molar-refractivity contribution in [3.63, 3.8) is 0 Å². The van der Waals surface area contributed by atoms with E-state index in [2.05, 4.69) is 45.0 Å². The lowest BCUT2D eigenvalue weighted by Gasteiger charge is -2.33. The smallest absolute Gasteiger partial charge is 0.0613 e. The molecule has 2 N–H and O–H groups in total. The molecule has 2 unspecified atom stereocenters. The second kappa shape index (κ2) is 9.76. The summed E-state index contributed by atoms with van der Waals surface area (Å²) in [4.78, 5) is 2.41. The molecule has 0 radical (unpaired) electrons. The highest BCUT2D eigenvalue weighted by atomic mass is 16.3. The topological polar surface area (TPSA) is 35.5 Å². The van der Waals surface area contributed by atoms with Crippen molar-refractivity contribution in [3.8, 4) is 0 Å². The van der Waals surface area contributed by atoms with Gasteiger partial charge in [-0.05, 0) is 59.2 Å². The van der Waals surface area contributed by atoms with Gasteiger partial charge in [0, 0.05) is 11.6 Å². The van der Waals surface area contributed by atoms with Gasteiger partial charge in [-0.2, -0.15) is 0 Å². The van der Waals surface area contributed by atoms with Crippen molar-refractivity contribution in [1.29, 1.82) is 0 Å². The Kier molecular flexibility index (Phi) is 9.70. The van der Waals surface area contributed by atoms with Gasteiger partial charge in [-0.3, -0.25) is 0 Å². The molecular weight excluding hydrogens is 224 g/mol. The molecule has 0 aromatic carbocycles. The van der Waals surface area contributed by atoms with Crippen LogP contribution < -0.4 is 5.32 Å². The summed E-state index contributed by atoms with van der Waals surface area (Å²) in [5.74, 6) is 0. The minimum Gasteiger partial charge on any atom is -0.394 e. The van der Waals surface area contributed by atoms with Gasteiger partial charge in [0.2, 0.25) is 0 Å². The normalized spacial score (nSPS) is 16.8. The Bertz CT molecular complexity index is 193. The minimum absolute atomic E-state index is 0.0632. The summed E-state index contributed by atoms with van der Waals surface area (Å²) >= 11 is 0. The summed E-state index contributed by atoms with van der Waals surface area (Å²) < 4.78 is 0. The largest absolute Gasteiger partial charge is 0.394 e. The van der Waals surface area contributed by atoms with E-state index in [1.807, 2.05) is 0 Å². The number of aliphatic hydroxyl groups is 1. The molecule has 0 fully saturated rings. The second-order valence-electron chi connectivity index (χ2n) is 5.56. The Morgan fingerprint density at radius 2 is 1.94 bits per heavy atom. The highest BCUT2D eigenvalue weighted by Gasteiger charge is 2.25. The van der Waals surface area contributed by atoms with Crippen molar-refractivity contribution in [2.45, 2.75) is 71.4 Å². The molecule has 3 heteroatoms. The van der Waals surface area contributed by atoms with Crippen molar-refractivity contribution in [2.75, 3.05) is 26.7 Å². The Balaban J connectivity index is 4.10. The lowest BCUT2D eigenvalue weighted by Crippen LogP contribution is -2.48. The van der Waals surface area contributed by atoms with Gasteiger partial charge in [-0.15, -0.1) is 0 Å². The number of nitrogens with zero attached hydrogens (tertiary/aromatic N) is 1. The predicted octanol–water partition coefficient (Wildman–Crippen LogP) is 2.64. The van der Waals surface area contributed by atoms with Crippen LogP contribution in [0.2, 0.25) is 0 Å². The maximum absolute atomic E-state index is 9.65. The lowest BCUT2D eigenvalue weighted by atomic mass is 9.91. The van der Waals surface area contributed by atoms with E-state index in [-0.39, 0.29) is 12.1 Å². The Morgan fingerprint density at radius 1 is 1.28 bits per heavy atom. The first kappa shape index (κ1) is 17.9. The molecule has 0 saturated carbocycles. The molecule has 0 heterocycles. The Morgan fingerprint density at radius 3 is 2.39 bits per heavy atom. The molecule has 0 aliphatic rings. The van der Waals surface area contributed by atoms with Crippen LogP contribution in [0, 0.1) is 0 Å². The number of aliphatic hydroxyl groups excluding tert-OH is 1. The van der Waals surface area contributed by atoms with Gasteiger partial charge < -0.3 is 15.3 Å². The Labute approximate surface area is 114 Å². The number of hydrogen-bond acceptors (Lipinski definition) is 3. The summed E-state index contributed by atoms with van der Waals surface area (Å²) in [6.45, 7) is 11.2. The van der Waals surface area contributed by atoms with Gasteiger partial charge in [0.15, 0.2) is 0 Å². The zero-order chi connectivity index (χ0) is 14.0. The van der Waals surface area contributed by atoms with E-state index >= 15 is 0 Å². The molecule has 110 valence electrons. The zero-order valence-corrected chi connectivity index (χ0v) is 13.1. The molecule has 0 bridgehead atoms. The molecular formula is C15H34N2O. The molecule has 0 aromatic rings. The summed E-state index contributed by atoms with van der Waals surface area (Å²) in [6, 6.07) is 0.652. The average molecular weight is 258 g/mol. The summed E-state index contributed by atoms with van der Waals surface area (Å²) in [7, 11) is 2.19. The highest BCUT2D eigenvalue weighted by Crippen LogP contribution is 2.17. The van der Waals surface area contributed by atoms with E-state index < -0.39 is 0 Å². The van der Waals surface area contributed by atoms with Crippen LogP contribution in [-0.4, -0.2) is 48.3 Å². The summed E-state index contributed by atoms with van der Waals surface area (Å²) in [5.41, 5.74) is -0.0632. The van der Waals surface area contributed by atoms with Crippen LogP contribution >= 0.6 is 0 Å². The molecule has 0 aliphatic carbocycles. The van der Waals surface area contributed by atoms with Gasteiger partial charge in [0.25, 0.3) is 0 Å². The van der Waals surface area contributed by atoms with Gasteiger partial charge in [0.05, 0.1) is 6.61 Å². The highest BCUT2D eigenvalue weighted by molar-refractivity contribution is 4.86. The van der Waals surface area contributed by atoms with Crippen molar-refractivity contribution in [3.05, 3.63) is 0 Å². The van der Waals surface area contributed by atoms with Gasteiger partial charge >= 0.3 is 0 Å². The van der Waals surface area contributed by atoms with Gasteiger partial charge in [-0.25, -0.2) is 0 Å². The van der Waals surface area contributed by atoms with Gasteiger partial charge in [0.1, 0.15) is 0 Å². The number of rotatable bonds is 11. The van der Waals surface area contributed by atoms with Gasteiger partial charge in [-0.1, -0.05) is 20.8 Å². The van der Waals surface area contributed by atoms with Crippen LogP contribution in [0.15, 0.2) is 0 Å². The first-order chi connectivity index (χ1) is 8.55. The van der Waals surface area contributed by atoms with Crippen molar-refractivity contribution in [2.24, 2.45) is 0 Å². The van der Waals surface area contributed by atoms with E-state index in [0.29, 0.717) is 6.04 Å². The van der Waals surface area contributed by atoms with Crippen LogP contribution in [-0.2, 0) is 0 Å². The predicted molar refractivity (Wildman–Crippen MR) is 80.0 cm³/mol. The van der Waals surface area contributed by atoms with Crippen LogP contribution in [0.25, 0.3) is 0 Å². The zero-order valence-electron chi connectivity index (χ0n) is 13.1. The van der Waals surface area contributed by atoms with E-state index in [0.717, 1.165) is 38.8 Å². The van der Waals surface area contributed by atoms with Crippen molar-refractivity contribution >= 4 is 0 Å². The van der Waals surface area contributed by atoms with Crippen LogP contribution in [0.3, 0.4) is 0 Å². The minimum atomic E-state index is -0.0632. The monoisotopic (exact) mass is 258 g/mol. The fourth-order valence-electron chi connectivity index (χ4n) is 2.23. The third-order valence-corrected chi connectivity index (χ3v) is 4.24. The number of nitrogens with one attached hydrogen (secondary N) is 1. The molecule has 0 aliphatic heterocycles. The standard InChI is InChI=1S/C15H34N2O/c1-6-11-16-15(8-3,13-18)10-9-12-17(5)14(4)7-2/h14,16,18H,6-13H2,1-5H3. The SMILES string of the molecule is CCCNC(CC)(CO)CCCN(C)C(C)CC. The van der Waals surface area contributed by atoms with E-state index in [1.165, 1.54) is 6.42 Å². The molecule has 0 saturated heterocycles. The third-order valence-electron chi connectivity index (χ3n) is 4.24. The summed E-state index contributed by atoms with van der Waals surface area (Å²) in [6.07, 6.45) is 5.52. The quantitative estimate of drug-likeness (QED) is 0.598. The fraction of sp³-hybridized carbons (Fsp3) is 1.00. The summed E-state index contributed by atoms with van der Waals surface area (Å²) in [5, 5.41) is 13.2. The van der Waals surface area contributed by atoms with E-state index in [4.69, 9.17) is 0 Å². The molecule has 0 spiro atoms. The van der Waals surface area contributed by atoms with Crippen LogP contribution in [0.1, 0.15) is 59.8 Å². The first-order valence-electron chi connectivity index (χ1n) is 7.61. The molecule has 2 atom stereocenters. The lowest BCUT2D eigenvalue weighted by molar-refractivity contribution is 0.137. The first-order valence-corrected chi connectivity index (χ1v) is 7.61. The van der Waals surface area contributed by atoms with E-state index in [9.17, 15) is 5.11 Å². The molecule has 18 heavy (non-hydrogen) atoms.